The summed E-state index contributed by atoms with van der Waals surface area (Å²) in [4.78, 5) is 28.9. The second kappa shape index (κ2) is 12.2. The minimum Gasteiger partial charge on any atom is -0.456 e. The van der Waals surface area contributed by atoms with Gasteiger partial charge in [0, 0.05) is 0 Å². The molecule has 0 atom stereocenters. The zero-order valence-electron chi connectivity index (χ0n) is 32.0. The van der Waals surface area contributed by atoms with E-state index in [4.69, 9.17) is 8.83 Å². The molecule has 13 rings (SSSR count). The smallest absolute Gasteiger partial charge is 0.204 e. The first kappa shape index (κ1) is 32.9. The topological polar surface area (TPSA) is 60.4 Å². The van der Waals surface area contributed by atoms with Crippen LogP contribution in [0.25, 0.3) is 131 Å². The van der Waals surface area contributed by atoms with Crippen molar-refractivity contribution in [3.8, 4) is 22.3 Å². The van der Waals surface area contributed by atoms with Gasteiger partial charge >= 0.3 is 0 Å². The third kappa shape index (κ3) is 4.61. The molecule has 278 valence electrons. The average molecular weight is 767 g/mol. The molecule has 0 amide bonds. The Labute approximate surface area is 340 Å². The van der Waals surface area contributed by atoms with Gasteiger partial charge in [0.15, 0.2) is 5.58 Å². The van der Waals surface area contributed by atoms with E-state index in [1.165, 1.54) is 53.9 Å². The van der Waals surface area contributed by atoms with Gasteiger partial charge in [-0.1, -0.05) is 133 Å². The van der Waals surface area contributed by atoms with Crippen LogP contribution in [0.15, 0.2) is 200 Å². The van der Waals surface area contributed by atoms with E-state index in [0.717, 1.165) is 33.0 Å². The molecule has 0 radical (unpaired) electrons. The lowest BCUT2D eigenvalue weighted by Gasteiger charge is -2.12. The molecule has 2 aromatic heterocycles. The third-order valence-corrected chi connectivity index (χ3v) is 12.6. The first-order valence-corrected chi connectivity index (χ1v) is 20.1. The van der Waals surface area contributed by atoms with Crippen molar-refractivity contribution in [1.82, 2.24) is 0 Å². The summed E-state index contributed by atoms with van der Waals surface area (Å²) in [6.07, 6.45) is 0. The molecular weight excluding hydrogens is 737 g/mol. The zero-order valence-corrected chi connectivity index (χ0v) is 32.0. The van der Waals surface area contributed by atoms with Crippen molar-refractivity contribution in [1.29, 1.82) is 0 Å². The Bertz CT molecular complexity index is 4100. The SMILES string of the molecule is O=c1c2cc(-c3ccc4c5ccccc5c5ccccc5c4c3)ccc2oc2c1ccc1oc3ccc(-c4ccc5c6ccccc6c6ccccc6c5c4)cc3c(=O)c12. The zero-order chi connectivity index (χ0) is 39.6. The second-order valence-corrected chi connectivity index (χ2v) is 15.8. The molecule has 0 fully saturated rings. The fraction of sp³-hybridized carbons (Fsp3) is 0. The largest absolute Gasteiger partial charge is 0.456 e. The van der Waals surface area contributed by atoms with Gasteiger partial charge in [0.05, 0.1) is 16.2 Å². The van der Waals surface area contributed by atoms with Gasteiger partial charge < -0.3 is 8.83 Å². The summed E-state index contributed by atoms with van der Waals surface area (Å²) < 4.78 is 12.9. The van der Waals surface area contributed by atoms with E-state index in [0.29, 0.717) is 32.9 Å². The van der Waals surface area contributed by atoms with Gasteiger partial charge in [0.2, 0.25) is 10.9 Å². The molecule has 0 spiro atoms. The second-order valence-electron chi connectivity index (χ2n) is 15.8. The molecule has 0 saturated heterocycles. The Morgan fingerprint density at radius 3 is 1.02 bits per heavy atom. The van der Waals surface area contributed by atoms with Crippen LogP contribution in [-0.4, -0.2) is 0 Å². The first-order chi connectivity index (χ1) is 29.6. The summed E-state index contributed by atoms with van der Waals surface area (Å²) in [5.41, 5.74) is 4.81. The van der Waals surface area contributed by atoms with E-state index in [2.05, 4.69) is 133 Å². The van der Waals surface area contributed by atoms with Crippen molar-refractivity contribution >= 4 is 109 Å². The normalized spacial score (nSPS) is 12.1. The maximum atomic E-state index is 14.6. The first-order valence-electron chi connectivity index (χ1n) is 20.1. The lowest BCUT2D eigenvalue weighted by atomic mass is 9.92. The van der Waals surface area contributed by atoms with E-state index < -0.39 is 0 Å². The maximum Gasteiger partial charge on any atom is 0.204 e. The fourth-order valence-corrected chi connectivity index (χ4v) is 9.78. The molecule has 4 heteroatoms. The molecule has 0 unspecified atom stereocenters. The average Bonchev–Trinajstić information content (AvgIpc) is 3.31. The van der Waals surface area contributed by atoms with Gasteiger partial charge in [-0.25, -0.2) is 0 Å². The van der Waals surface area contributed by atoms with Crippen LogP contribution in [0.3, 0.4) is 0 Å². The maximum absolute atomic E-state index is 14.6. The highest BCUT2D eigenvalue weighted by Crippen LogP contribution is 2.40. The van der Waals surface area contributed by atoms with Crippen LogP contribution in [0.2, 0.25) is 0 Å². The molecule has 2 heterocycles. The van der Waals surface area contributed by atoms with Crippen molar-refractivity contribution in [3.63, 3.8) is 0 Å². The molecule has 11 aromatic carbocycles. The summed E-state index contributed by atoms with van der Waals surface area (Å²) in [6.45, 7) is 0. The summed E-state index contributed by atoms with van der Waals surface area (Å²) in [6, 6.07) is 61.9. The van der Waals surface area contributed by atoms with E-state index >= 15 is 0 Å². The molecule has 4 nitrogen and oxygen atoms in total. The van der Waals surface area contributed by atoms with Crippen LogP contribution in [0.4, 0.5) is 0 Å². The Hall–Kier alpha value is -8.08. The van der Waals surface area contributed by atoms with E-state index in [9.17, 15) is 9.59 Å². The predicted octanol–water partition coefficient (Wildman–Crippen LogP) is 14.5. The number of hydrogen-bond donors (Lipinski definition) is 0. The Morgan fingerprint density at radius 2 is 0.567 bits per heavy atom. The summed E-state index contributed by atoms with van der Waals surface area (Å²) in [5, 5.41) is 15.8. The van der Waals surface area contributed by atoms with Crippen LogP contribution >= 0.6 is 0 Å². The van der Waals surface area contributed by atoms with Crippen LogP contribution in [-0.2, 0) is 0 Å². The van der Waals surface area contributed by atoms with E-state index in [1.54, 1.807) is 12.1 Å². The Balaban J connectivity index is 0.964. The molecule has 0 aliphatic carbocycles. The van der Waals surface area contributed by atoms with Crippen molar-refractivity contribution in [2.24, 2.45) is 0 Å². The third-order valence-electron chi connectivity index (χ3n) is 12.6. The Kier molecular flexibility index (Phi) is 6.71. The quantitative estimate of drug-likeness (QED) is 0.130. The fourth-order valence-electron chi connectivity index (χ4n) is 9.78. The highest BCUT2D eigenvalue weighted by atomic mass is 16.3. The monoisotopic (exact) mass is 766 g/mol. The number of benzene rings is 11. The van der Waals surface area contributed by atoms with E-state index in [1.807, 2.05) is 36.4 Å². The van der Waals surface area contributed by atoms with Gasteiger partial charge in [-0.3, -0.25) is 9.59 Å². The number of hydrogen-bond acceptors (Lipinski definition) is 4. The van der Waals surface area contributed by atoms with Crippen LogP contribution in [0, 0.1) is 0 Å². The van der Waals surface area contributed by atoms with Crippen LogP contribution < -0.4 is 10.9 Å². The van der Waals surface area contributed by atoms with Gasteiger partial charge in [-0.2, -0.15) is 0 Å². The summed E-state index contributed by atoms with van der Waals surface area (Å²) in [7, 11) is 0. The highest BCUT2D eigenvalue weighted by molar-refractivity contribution is 6.27. The van der Waals surface area contributed by atoms with Gasteiger partial charge in [0.25, 0.3) is 0 Å². The molecule has 0 aliphatic heterocycles. The van der Waals surface area contributed by atoms with E-state index in [-0.39, 0.29) is 21.8 Å². The van der Waals surface area contributed by atoms with Crippen molar-refractivity contribution in [2.45, 2.75) is 0 Å². The summed E-state index contributed by atoms with van der Waals surface area (Å²) in [5.74, 6) is 0. The number of fused-ring (bicyclic) bond motifs is 17. The van der Waals surface area contributed by atoms with Gasteiger partial charge in [-0.05, 0) is 135 Å². The molecule has 0 aliphatic rings. The Morgan fingerprint density at radius 1 is 0.250 bits per heavy atom. The highest BCUT2D eigenvalue weighted by Gasteiger charge is 2.19. The molecule has 0 saturated carbocycles. The lowest BCUT2D eigenvalue weighted by Crippen LogP contribution is -2.07. The minimum atomic E-state index is -0.244. The lowest BCUT2D eigenvalue weighted by molar-refractivity contribution is 0.649. The molecule has 0 N–H and O–H groups in total. The summed E-state index contributed by atoms with van der Waals surface area (Å²) >= 11 is 0. The van der Waals surface area contributed by atoms with Crippen molar-refractivity contribution in [3.05, 3.63) is 202 Å². The van der Waals surface area contributed by atoms with Crippen LogP contribution in [0.5, 0.6) is 0 Å². The van der Waals surface area contributed by atoms with Crippen molar-refractivity contribution < 1.29 is 8.83 Å². The minimum absolute atomic E-state index is 0.198. The van der Waals surface area contributed by atoms with Crippen molar-refractivity contribution in [2.75, 3.05) is 0 Å². The molecule has 13 aromatic rings. The molecular formula is C56H30O4. The molecule has 60 heavy (non-hydrogen) atoms. The van der Waals surface area contributed by atoms with Gasteiger partial charge in [0.1, 0.15) is 22.1 Å². The standard InChI is InChI=1S/C56H30O4/c57-54-45-23-26-52-53(55(58)49-30-34(19-24-50(49)59-52)32-18-22-44-40-14-4-2-10-36(40)38-12-6-8-16-42(38)47(44)28-32)56(45)60-51-25-20-33(29-48(51)54)31-17-21-43-39-13-3-1-9-35(39)37-11-5-7-15-41(37)46(43)27-31/h1-30H. The van der Waals surface area contributed by atoms with Gasteiger partial charge in [-0.15, -0.1) is 0 Å². The predicted molar refractivity (Wildman–Crippen MR) is 249 cm³/mol. The van der Waals surface area contributed by atoms with Crippen LogP contribution in [0.1, 0.15) is 0 Å². The molecule has 0 bridgehead atoms. The number of rotatable bonds is 2.